The maximum atomic E-state index is 14.9. The number of pyridine rings is 1. The van der Waals surface area contributed by atoms with Crippen molar-refractivity contribution < 1.29 is 41.8 Å². The van der Waals surface area contributed by atoms with Gasteiger partial charge < -0.3 is 34.2 Å². The predicted octanol–water partition coefficient (Wildman–Crippen LogP) is 3.36. The molecule has 1 aromatic carbocycles. The van der Waals surface area contributed by atoms with Crippen molar-refractivity contribution in [3.63, 3.8) is 0 Å². The molecule has 18 heteroatoms. The van der Waals surface area contributed by atoms with Crippen molar-refractivity contribution in [3.05, 3.63) is 42.3 Å². The Morgan fingerprint density at radius 2 is 1.85 bits per heavy atom. The van der Waals surface area contributed by atoms with Crippen molar-refractivity contribution in [1.82, 2.24) is 29.8 Å². The van der Waals surface area contributed by atoms with Gasteiger partial charge in [0.25, 0.3) is 5.91 Å². The molecule has 0 spiro atoms. The molecule has 1 unspecified atom stereocenters. The first-order valence-electron chi connectivity index (χ1n) is 19.9. The van der Waals surface area contributed by atoms with Gasteiger partial charge >= 0.3 is 0 Å². The van der Waals surface area contributed by atoms with Crippen LogP contribution >= 0.6 is 11.3 Å². The van der Waals surface area contributed by atoms with Gasteiger partial charge in [-0.3, -0.25) is 23.9 Å². The maximum Gasteiger partial charge on any atom is 0.259 e. The van der Waals surface area contributed by atoms with E-state index in [1.54, 1.807) is 30.2 Å². The van der Waals surface area contributed by atoms with E-state index in [4.69, 9.17) is 24.2 Å². The molecule has 16 nitrogen and oxygen atoms in total. The summed E-state index contributed by atoms with van der Waals surface area (Å²) in [5, 5.41) is 5.58. The zero-order valence-electron chi connectivity index (χ0n) is 34.4. The van der Waals surface area contributed by atoms with Gasteiger partial charge in [0.1, 0.15) is 34.9 Å². The number of carbonyl (C=O) groups is 4. The zero-order chi connectivity index (χ0) is 42.4. The summed E-state index contributed by atoms with van der Waals surface area (Å²) in [6, 6.07) is 6.09. The fraction of sp³-hybridized carbons (Fsp3) is 0.561. The number of morpholine rings is 1. The highest BCUT2D eigenvalue weighted by atomic mass is 32.2. The molecule has 318 valence electrons. The van der Waals surface area contributed by atoms with Crippen LogP contribution in [0.4, 0.5) is 5.13 Å². The average Bonchev–Trinajstić information content (AvgIpc) is 4.08. The number of benzene rings is 1. The Morgan fingerprint density at radius 1 is 1.12 bits per heavy atom. The van der Waals surface area contributed by atoms with Gasteiger partial charge in [0, 0.05) is 68.8 Å². The third-order valence-corrected chi connectivity index (χ3v) is 14.4. The van der Waals surface area contributed by atoms with E-state index in [9.17, 15) is 27.6 Å². The summed E-state index contributed by atoms with van der Waals surface area (Å²) in [7, 11) is 1.47. The van der Waals surface area contributed by atoms with Crippen molar-refractivity contribution in [2.45, 2.75) is 75.8 Å². The number of hydrogen-bond acceptors (Lipinski definition) is 13. The molecule has 2 aromatic heterocycles. The number of anilines is 1. The summed E-state index contributed by atoms with van der Waals surface area (Å²) in [4.78, 5) is 71.4. The summed E-state index contributed by atoms with van der Waals surface area (Å²) < 4.78 is 45.5. The highest BCUT2D eigenvalue weighted by molar-refractivity contribution is 7.91. The number of hydrogen-bond donors (Lipinski definition) is 2. The van der Waals surface area contributed by atoms with E-state index in [1.807, 2.05) is 51.2 Å². The molecule has 2 saturated carbocycles. The number of rotatable bonds is 14. The third kappa shape index (κ3) is 8.89. The monoisotopic (exact) mass is 851 g/mol. The lowest BCUT2D eigenvalue weighted by atomic mass is 9.77. The first-order valence-corrected chi connectivity index (χ1v) is 22.3. The Labute approximate surface area is 348 Å². The van der Waals surface area contributed by atoms with E-state index in [1.165, 1.54) is 22.3 Å². The van der Waals surface area contributed by atoms with Crippen LogP contribution in [-0.2, 0) is 33.9 Å². The van der Waals surface area contributed by atoms with Crippen LogP contribution < -0.4 is 24.4 Å². The number of thiazole rings is 1. The highest BCUT2D eigenvalue weighted by Crippen LogP contribution is 2.46. The van der Waals surface area contributed by atoms with E-state index < -0.39 is 67.9 Å². The largest absolute Gasteiger partial charge is 0.497 e. The molecule has 4 amide bonds. The van der Waals surface area contributed by atoms with Crippen molar-refractivity contribution in [2.75, 3.05) is 59.0 Å². The molecule has 5 atom stereocenters. The lowest BCUT2D eigenvalue weighted by Gasteiger charge is -2.36. The normalized spacial score (nSPS) is 23.7. The molecule has 2 aliphatic heterocycles. The second-order valence-electron chi connectivity index (χ2n) is 17.1. The molecule has 7 rings (SSSR count). The lowest BCUT2D eigenvalue weighted by molar-refractivity contribution is -0.149. The average molecular weight is 852 g/mol. The van der Waals surface area contributed by atoms with Crippen LogP contribution in [0.5, 0.6) is 11.5 Å². The Balaban J connectivity index is 1.22. The van der Waals surface area contributed by atoms with Crippen LogP contribution in [0.2, 0.25) is 0 Å². The van der Waals surface area contributed by atoms with E-state index in [2.05, 4.69) is 16.6 Å². The van der Waals surface area contributed by atoms with Gasteiger partial charge in [0.2, 0.25) is 27.7 Å². The Kier molecular flexibility index (Phi) is 11.7. The quantitative estimate of drug-likeness (QED) is 0.226. The summed E-state index contributed by atoms with van der Waals surface area (Å²) in [5.41, 5.74) is -0.462. The minimum atomic E-state index is -3.91. The molecular weight excluding hydrogens is 799 g/mol. The van der Waals surface area contributed by atoms with E-state index in [0.29, 0.717) is 72.9 Å². The highest BCUT2D eigenvalue weighted by Gasteiger charge is 2.62. The standard InChI is InChI=1S/C41H53N7O9S2/c1-8-24-21-41(24,38(52)45-59(53,54)27-10-11-27)44-36(50)33-18-26(22-48(33)37(51)29(40(2,3)4)19-35(49)47-13-15-56-16-14-47)57-34-20-31(32-23-58-39(43-32)46(5)6)42-30-17-25(55-7)9-12-28(30)34/h8-9,12,17,20,23-24,26-27,29,33H,1,10-11,13-16,18-19,21-22H2,2-7H3,(H,44,50)(H,45,52)/t24-,26-,29?,33+,41-/m1/s1. The van der Waals surface area contributed by atoms with Gasteiger partial charge in [0.05, 0.1) is 49.2 Å². The smallest absolute Gasteiger partial charge is 0.259 e. The summed E-state index contributed by atoms with van der Waals surface area (Å²) in [6.45, 7) is 11.1. The Bertz CT molecular complexity index is 2250. The molecule has 0 radical (unpaired) electrons. The SMILES string of the molecule is C=C[C@@H]1C[C@]1(NC(=O)[C@@H]1C[C@@H](Oc2cc(-c3csc(N(C)C)n3)nc3cc(OC)ccc23)CN1C(=O)C(CC(=O)N1CCOCC1)C(C)(C)C)C(=O)NS(=O)(=O)C1CC1. The predicted molar refractivity (Wildman–Crippen MR) is 222 cm³/mol. The molecule has 2 saturated heterocycles. The molecule has 2 N–H and O–H groups in total. The third-order valence-electron chi connectivity index (χ3n) is 11.6. The number of methoxy groups -OCH3 is 1. The minimum absolute atomic E-state index is 0.00777. The summed E-state index contributed by atoms with van der Waals surface area (Å²) in [5.74, 6) is -2.34. The number of fused-ring (bicyclic) bond motifs is 1. The Hall–Kier alpha value is -4.81. The van der Waals surface area contributed by atoms with Gasteiger partial charge in [-0.1, -0.05) is 26.8 Å². The lowest BCUT2D eigenvalue weighted by Crippen LogP contribution is -2.57. The molecule has 4 aliphatic rings. The number of aromatic nitrogens is 2. The van der Waals surface area contributed by atoms with Crippen molar-refractivity contribution in [2.24, 2.45) is 17.3 Å². The maximum absolute atomic E-state index is 14.9. The van der Waals surface area contributed by atoms with E-state index >= 15 is 0 Å². The molecule has 3 aromatic rings. The first-order chi connectivity index (χ1) is 27.9. The van der Waals surface area contributed by atoms with Crippen LogP contribution in [0.15, 0.2) is 42.3 Å². The number of amides is 4. The molecular formula is C41H53N7O9S2. The minimum Gasteiger partial charge on any atom is -0.497 e. The molecule has 4 heterocycles. The second-order valence-corrected chi connectivity index (χ2v) is 19.9. The number of sulfonamides is 1. The van der Waals surface area contributed by atoms with Crippen molar-refractivity contribution in [1.29, 1.82) is 0 Å². The number of nitrogens with one attached hydrogen (secondary N) is 2. The molecule has 4 fully saturated rings. The summed E-state index contributed by atoms with van der Waals surface area (Å²) >= 11 is 1.47. The molecule has 59 heavy (non-hydrogen) atoms. The van der Waals surface area contributed by atoms with Gasteiger partial charge in [-0.2, -0.15) is 0 Å². The first kappa shape index (κ1) is 42.3. The fourth-order valence-electron chi connectivity index (χ4n) is 7.77. The van der Waals surface area contributed by atoms with Gasteiger partial charge in [-0.05, 0) is 36.8 Å². The van der Waals surface area contributed by atoms with Crippen LogP contribution in [0.25, 0.3) is 22.3 Å². The van der Waals surface area contributed by atoms with Crippen molar-refractivity contribution >= 4 is 61.0 Å². The van der Waals surface area contributed by atoms with Gasteiger partial charge in [-0.15, -0.1) is 17.9 Å². The number of likely N-dealkylation sites (tertiary alicyclic amines) is 1. The number of carbonyl (C=O) groups excluding carboxylic acids is 4. The van der Waals surface area contributed by atoms with E-state index in [-0.39, 0.29) is 31.7 Å². The van der Waals surface area contributed by atoms with Crippen molar-refractivity contribution in [3.8, 4) is 22.9 Å². The molecule has 2 aliphatic carbocycles. The number of ether oxygens (including phenoxy) is 3. The van der Waals surface area contributed by atoms with Gasteiger partial charge in [-0.25, -0.2) is 18.4 Å². The van der Waals surface area contributed by atoms with Crippen LogP contribution in [0, 0.1) is 17.3 Å². The van der Waals surface area contributed by atoms with Crippen LogP contribution in [0.1, 0.15) is 52.9 Å². The fourth-order valence-corrected chi connectivity index (χ4v) is 9.89. The number of nitrogens with zero attached hydrogens (tertiary/aromatic N) is 5. The van der Waals surface area contributed by atoms with E-state index in [0.717, 1.165) is 5.13 Å². The van der Waals surface area contributed by atoms with Crippen LogP contribution in [-0.4, -0.2) is 129 Å². The zero-order valence-corrected chi connectivity index (χ0v) is 36.0. The molecule has 0 bridgehead atoms. The Morgan fingerprint density at radius 3 is 2.46 bits per heavy atom. The topological polar surface area (TPSA) is 190 Å². The van der Waals surface area contributed by atoms with Gasteiger partial charge in [0.15, 0.2) is 5.13 Å². The van der Waals surface area contributed by atoms with Crippen LogP contribution in [0.3, 0.4) is 0 Å². The summed E-state index contributed by atoms with van der Waals surface area (Å²) in [6.07, 6.45) is 1.83. The second kappa shape index (κ2) is 16.3.